The third-order valence-electron chi connectivity index (χ3n) is 3.09. The van der Waals surface area contributed by atoms with Gasteiger partial charge in [-0.3, -0.25) is 0 Å². The summed E-state index contributed by atoms with van der Waals surface area (Å²) in [6, 6.07) is 10.1. The molecule has 0 bridgehead atoms. The molecule has 0 aliphatic carbocycles. The number of nitrogens with one attached hydrogen (secondary N) is 1. The Hall–Kier alpha value is -1.75. The molecule has 4 nitrogen and oxygen atoms in total. The Balaban J connectivity index is 2.08. The number of hydrogen-bond donors (Lipinski definition) is 1. The summed E-state index contributed by atoms with van der Waals surface area (Å²) in [6.45, 7) is 2.01. The summed E-state index contributed by atoms with van der Waals surface area (Å²) in [5.41, 5.74) is 3.99. The molecular weight excluding hydrogens is 256 g/mol. The first-order chi connectivity index (χ1) is 9.29. The standard InChI is InChI=1S/C14H16N4S/c1-10-13-14(16-12(15-13)8-9-19-2)18(17-10)11-6-4-3-5-7-11/h3-7H,8-9H2,1-2H3,(H,15,16). The molecule has 0 amide bonds. The lowest BCUT2D eigenvalue weighted by Crippen LogP contribution is -1.98. The maximum absolute atomic E-state index is 4.68. The van der Waals surface area contributed by atoms with E-state index in [1.807, 2.05) is 53.7 Å². The van der Waals surface area contributed by atoms with E-state index in [9.17, 15) is 0 Å². The number of aromatic nitrogens is 4. The monoisotopic (exact) mass is 272 g/mol. The van der Waals surface area contributed by atoms with Crippen molar-refractivity contribution in [3.05, 3.63) is 41.9 Å². The number of thioether (sulfide) groups is 1. The van der Waals surface area contributed by atoms with Crippen LogP contribution < -0.4 is 0 Å². The number of nitrogens with zero attached hydrogens (tertiary/aromatic N) is 3. The second-order valence-corrected chi connectivity index (χ2v) is 5.44. The summed E-state index contributed by atoms with van der Waals surface area (Å²) >= 11 is 1.83. The normalized spacial score (nSPS) is 11.3. The minimum Gasteiger partial charge on any atom is -0.339 e. The number of benzene rings is 1. The molecule has 5 heteroatoms. The van der Waals surface area contributed by atoms with Gasteiger partial charge in [0.15, 0.2) is 5.65 Å². The third-order valence-corrected chi connectivity index (χ3v) is 3.70. The van der Waals surface area contributed by atoms with Gasteiger partial charge in [-0.1, -0.05) is 18.2 Å². The predicted molar refractivity (Wildman–Crippen MR) is 80.0 cm³/mol. The SMILES string of the molecule is CSCCc1nc2c([nH]1)c(C)nn2-c1ccccc1. The summed E-state index contributed by atoms with van der Waals surface area (Å²) in [5.74, 6) is 2.11. The van der Waals surface area contributed by atoms with Gasteiger partial charge in [0.25, 0.3) is 0 Å². The number of rotatable bonds is 4. The number of imidazole rings is 1. The molecule has 0 radical (unpaired) electrons. The molecule has 3 aromatic rings. The topological polar surface area (TPSA) is 46.5 Å². The van der Waals surface area contributed by atoms with Crippen molar-refractivity contribution >= 4 is 22.9 Å². The van der Waals surface area contributed by atoms with Crippen molar-refractivity contribution < 1.29 is 0 Å². The summed E-state index contributed by atoms with van der Waals surface area (Å²) < 4.78 is 1.91. The molecule has 0 saturated carbocycles. The van der Waals surface area contributed by atoms with E-state index in [2.05, 4.69) is 21.3 Å². The summed E-state index contributed by atoms with van der Waals surface area (Å²) in [7, 11) is 0. The van der Waals surface area contributed by atoms with Gasteiger partial charge >= 0.3 is 0 Å². The zero-order chi connectivity index (χ0) is 13.2. The highest BCUT2D eigenvalue weighted by Crippen LogP contribution is 2.20. The number of aryl methyl sites for hydroxylation is 2. The average molecular weight is 272 g/mol. The molecular formula is C14H16N4S. The van der Waals surface area contributed by atoms with Crippen LogP contribution in [0.1, 0.15) is 11.5 Å². The van der Waals surface area contributed by atoms with E-state index in [0.717, 1.165) is 40.5 Å². The highest BCUT2D eigenvalue weighted by molar-refractivity contribution is 7.98. The Morgan fingerprint density at radius 1 is 1.26 bits per heavy atom. The Morgan fingerprint density at radius 2 is 2.05 bits per heavy atom. The first-order valence-corrected chi connectivity index (χ1v) is 7.67. The molecule has 19 heavy (non-hydrogen) atoms. The van der Waals surface area contributed by atoms with Crippen molar-refractivity contribution in [3.63, 3.8) is 0 Å². The van der Waals surface area contributed by atoms with Crippen LogP contribution in [0.15, 0.2) is 30.3 Å². The predicted octanol–water partition coefficient (Wildman–Crippen LogP) is 2.96. The van der Waals surface area contributed by atoms with Crippen LogP contribution in [0, 0.1) is 6.92 Å². The van der Waals surface area contributed by atoms with Crippen LogP contribution in [0.4, 0.5) is 0 Å². The van der Waals surface area contributed by atoms with Crippen LogP contribution in [0.3, 0.4) is 0 Å². The van der Waals surface area contributed by atoms with Gasteiger partial charge in [0.1, 0.15) is 11.3 Å². The van der Waals surface area contributed by atoms with E-state index >= 15 is 0 Å². The molecule has 0 unspecified atom stereocenters. The fourth-order valence-electron chi connectivity index (χ4n) is 2.13. The largest absolute Gasteiger partial charge is 0.339 e. The maximum Gasteiger partial charge on any atom is 0.181 e. The molecule has 0 spiro atoms. The Morgan fingerprint density at radius 3 is 2.79 bits per heavy atom. The number of H-pyrrole nitrogens is 1. The fraction of sp³-hybridized carbons (Fsp3) is 0.286. The first-order valence-electron chi connectivity index (χ1n) is 6.28. The molecule has 1 N–H and O–H groups in total. The number of fused-ring (bicyclic) bond motifs is 1. The molecule has 2 heterocycles. The van der Waals surface area contributed by atoms with Gasteiger partial charge in [0.05, 0.1) is 11.4 Å². The molecule has 0 aliphatic heterocycles. The van der Waals surface area contributed by atoms with Gasteiger partial charge in [0, 0.05) is 12.2 Å². The molecule has 0 saturated heterocycles. The van der Waals surface area contributed by atoms with Gasteiger partial charge in [-0.25, -0.2) is 9.67 Å². The highest BCUT2D eigenvalue weighted by Gasteiger charge is 2.13. The van der Waals surface area contributed by atoms with Crippen molar-refractivity contribution in [1.29, 1.82) is 0 Å². The number of aromatic amines is 1. The quantitative estimate of drug-likeness (QED) is 0.794. The average Bonchev–Trinajstić information content (AvgIpc) is 2.98. The zero-order valence-electron chi connectivity index (χ0n) is 11.1. The minimum absolute atomic E-state index is 0.916. The van der Waals surface area contributed by atoms with Crippen molar-refractivity contribution in [1.82, 2.24) is 19.7 Å². The molecule has 0 aliphatic rings. The Kier molecular flexibility index (Phi) is 3.29. The van der Waals surface area contributed by atoms with Crippen LogP contribution in [-0.2, 0) is 6.42 Å². The number of hydrogen-bond acceptors (Lipinski definition) is 3. The molecule has 98 valence electrons. The van der Waals surface area contributed by atoms with E-state index in [0.29, 0.717) is 0 Å². The summed E-state index contributed by atoms with van der Waals surface area (Å²) in [6.07, 6.45) is 3.07. The van der Waals surface area contributed by atoms with Gasteiger partial charge in [-0.2, -0.15) is 16.9 Å². The third kappa shape index (κ3) is 2.26. The summed E-state index contributed by atoms with van der Waals surface area (Å²) in [4.78, 5) is 8.06. The van der Waals surface area contributed by atoms with Gasteiger partial charge in [0.2, 0.25) is 0 Å². The van der Waals surface area contributed by atoms with Gasteiger partial charge in [-0.05, 0) is 25.3 Å². The number of para-hydroxylation sites is 1. The van der Waals surface area contributed by atoms with Crippen molar-refractivity contribution in [2.45, 2.75) is 13.3 Å². The van der Waals surface area contributed by atoms with Crippen LogP contribution in [0.2, 0.25) is 0 Å². The zero-order valence-corrected chi connectivity index (χ0v) is 11.9. The Labute approximate surface area is 116 Å². The lowest BCUT2D eigenvalue weighted by Gasteiger charge is -2.00. The van der Waals surface area contributed by atoms with Crippen LogP contribution >= 0.6 is 11.8 Å². The minimum atomic E-state index is 0.916. The highest BCUT2D eigenvalue weighted by atomic mass is 32.2. The lowest BCUT2D eigenvalue weighted by molar-refractivity contribution is 0.866. The molecule has 0 fully saturated rings. The smallest absolute Gasteiger partial charge is 0.181 e. The fourth-order valence-corrected chi connectivity index (χ4v) is 2.53. The second kappa shape index (κ2) is 5.09. The molecule has 1 aromatic carbocycles. The van der Waals surface area contributed by atoms with Crippen LogP contribution in [-0.4, -0.2) is 31.8 Å². The van der Waals surface area contributed by atoms with E-state index in [1.54, 1.807) is 0 Å². The van der Waals surface area contributed by atoms with Crippen molar-refractivity contribution in [2.24, 2.45) is 0 Å². The summed E-state index contributed by atoms with van der Waals surface area (Å²) in [5, 5.41) is 4.56. The molecule has 0 atom stereocenters. The van der Waals surface area contributed by atoms with E-state index in [4.69, 9.17) is 0 Å². The molecule has 2 aromatic heterocycles. The van der Waals surface area contributed by atoms with Gasteiger partial charge in [-0.15, -0.1) is 0 Å². The second-order valence-electron chi connectivity index (χ2n) is 4.46. The first kappa shape index (κ1) is 12.3. The van der Waals surface area contributed by atoms with Crippen LogP contribution in [0.5, 0.6) is 0 Å². The van der Waals surface area contributed by atoms with E-state index < -0.39 is 0 Å². The molecule has 3 rings (SSSR count). The maximum atomic E-state index is 4.68. The van der Waals surface area contributed by atoms with Crippen LogP contribution in [0.25, 0.3) is 16.9 Å². The van der Waals surface area contributed by atoms with E-state index in [-0.39, 0.29) is 0 Å². The van der Waals surface area contributed by atoms with Gasteiger partial charge < -0.3 is 4.98 Å². The Bertz CT molecular complexity index is 684. The van der Waals surface area contributed by atoms with Crippen molar-refractivity contribution in [2.75, 3.05) is 12.0 Å². The van der Waals surface area contributed by atoms with Crippen molar-refractivity contribution in [3.8, 4) is 5.69 Å². The lowest BCUT2D eigenvalue weighted by atomic mass is 10.3. The van der Waals surface area contributed by atoms with E-state index in [1.165, 1.54) is 0 Å².